The summed E-state index contributed by atoms with van der Waals surface area (Å²) >= 11 is 0. The Morgan fingerprint density at radius 1 is 1.21 bits per heavy atom. The molecular formula is C15H23N3O. The number of carbonyl (C=O) groups excluding carboxylic acids is 1. The summed E-state index contributed by atoms with van der Waals surface area (Å²) in [5, 5.41) is 5.89. The molecule has 2 atom stereocenters. The standard InChI is InChI=1S/C15H23N3O/c1-10-6-11(2)8-14(7-10)18-15(19)17-13-5-3-4-12(16)9-13/h3-5,9-11,14H,6-8,16H2,1-2H3,(H2,17,18,19). The van der Waals surface area contributed by atoms with E-state index in [2.05, 4.69) is 24.5 Å². The lowest BCUT2D eigenvalue weighted by Gasteiger charge is -2.31. The zero-order chi connectivity index (χ0) is 13.8. The maximum atomic E-state index is 11.9. The Bertz CT molecular complexity index is 437. The van der Waals surface area contributed by atoms with E-state index in [4.69, 9.17) is 5.73 Å². The van der Waals surface area contributed by atoms with E-state index in [-0.39, 0.29) is 12.1 Å². The largest absolute Gasteiger partial charge is 0.399 e. The van der Waals surface area contributed by atoms with E-state index < -0.39 is 0 Å². The maximum Gasteiger partial charge on any atom is 0.319 e. The van der Waals surface area contributed by atoms with Crippen LogP contribution >= 0.6 is 0 Å². The summed E-state index contributed by atoms with van der Waals surface area (Å²) in [4.78, 5) is 11.9. The van der Waals surface area contributed by atoms with Gasteiger partial charge in [-0.15, -0.1) is 0 Å². The Labute approximate surface area is 114 Å². The molecule has 19 heavy (non-hydrogen) atoms. The second kappa shape index (κ2) is 5.95. The molecule has 104 valence electrons. The Morgan fingerprint density at radius 3 is 2.53 bits per heavy atom. The Hall–Kier alpha value is -1.71. The highest BCUT2D eigenvalue weighted by molar-refractivity contribution is 5.89. The monoisotopic (exact) mass is 261 g/mol. The van der Waals surface area contributed by atoms with Crippen LogP contribution in [-0.2, 0) is 0 Å². The van der Waals surface area contributed by atoms with Gasteiger partial charge in [-0.25, -0.2) is 4.79 Å². The molecule has 4 nitrogen and oxygen atoms in total. The summed E-state index contributed by atoms with van der Waals surface area (Å²) in [7, 11) is 0. The predicted molar refractivity (Wildman–Crippen MR) is 79.0 cm³/mol. The normalized spacial score (nSPS) is 26.7. The first-order valence-electron chi connectivity index (χ1n) is 6.96. The summed E-state index contributed by atoms with van der Waals surface area (Å²) in [6, 6.07) is 7.36. The minimum absolute atomic E-state index is 0.142. The molecule has 1 aromatic carbocycles. The molecule has 1 aliphatic rings. The topological polar surface area (TPSA) is 67.2 Å². The fourth-order valence-electron chi connectivity index (χ4n) is 3.03. The smallest absolute Gasteiger partial charge is 0.319 e. The lowest BCUT2D eigenvalue weighted by Crippen LogP contribution is -2.42. The summed E-state index contributed by atoms with van der Waals surface area (Å²) in [6.07, 6.45) is 3.39. The number of anilines is 2. The number of hydrogen-bond donors (Lipinski definition) is 3. The quantitative estimate of drug-likeness (QED) is 0.716. The van der Waals surface area contributed by atoms with Gasteiger partial charge in [-0.3, -0.25) is 0 Å². The number of nitrogen functional groups attached to an aromatic ring is 1. The average Bonchev–Trinajstić information content (AvgIpc) is 2.26. The molecule has 1 saturated carbocycles. The van der Waals surface area contributed by atoms with Crippen LogP contribution in [-0.4, -0.2) is 12.1 Å². The van der Waals surface area contributed by atoms with Crippen LogP contribution in [0.4, 0.5) is 16.2 Å². The van der Waals surface area contributed by atoms with Crippen LogP contribution in [0.5, 0.6) is 0 Å². The highest BCUT2D eigenvalue weighted by Gasteiger charge is 2.24. The fourth-order valence-corrected chi connectivity index (χ4v) is 3.03. The van der Waals surface area contributed by atoms with Crippen LogP contribution in [0.3, 0.4) is 0 Å². The minimum Gasteiger partial charge on any atom is -0.399 e. The first-order valence-corrected chi connectivity index (χ1v) is 6.96. The second-order valence-electron chi connectivity index (χ2n) is 5.84. The van der Waals surface area contributed by atoms with Gasteiger partial charge in [0.15, 0.2) is 0 Å². The molecule has 1 fully saturated rings. The van der Waals surface area contributed by atoms with E-state index in [0.29, 0.717) is 17.5 Å². The van der Waals surface area contributed by atoms with Crippen molar-refractivity contribution in [1.29, 1.82) is 0 Å². The molecule has 1 aliphatic carbocycles. The molecule has 0 bridgehead atoms. The third-order valence-corrected chi connectivity index (χ3v) is 3.66. The highest BCUT2D eigenvalue weighted by Crippen LogP contribution is 2.28. The van der Waals surface area contributed by atoms with Gasteiger partial charge in [0.25, 0.3) is 0 Å². The van der Waals surface area contributed by atoms with Crippen LogP contribution in [0.2, 0.25) is 0 Å². The van der Waals surface area contributed by atoms with Gasteiger partial charge in [-0.1, -0.05) is 19.9 Å². The van der Waals surface area contributed by atoms with Crippen molar-refractivity contribution in [3.05, 3.63) is 24.3 Å². The van der Waals surface area contributed by atoms with Crippen molar-refractivity contribution in [1.82, 2.24) is 5.32 Å². The van der Waals surface area contributed by atoms with Gasteiger partial charge in [-0.2, -0.15) is 0 Å². The van der Waals surface area contributed by atoms with E-state index >= 15 is 0 Å². The van der Waals surface area contributed by atoms with Crippen LogP contribution in [0.25, 0.3) is 0 Å². The van der Waals surface area contributed by atoms with E-state index in [1.165, 1.54) is 6.42 Å². The van der Waals surface area contributed by atoms with Crippen LogP contribution < -0.4 is 16.4 Å². The molecule has 0 heterocycles. The molecular weight excluding hydrogens is 238 g/mol. The number of rotatable bonds is 2. The van der Waals surface area contributed by atoms with Crippen LogP contribution in [0.1, 0.15) is 33.1 Å². The van der Waals surface area contributed by atoms with Crippen molar-refractivity contribution in [2.75, 3.05) is 11.1 Å². The third kappa shape index (κ3) is 4.16. The molecule has 0 radical (unpaired) electrons. The van der Waals surface area contributed by atoms with Gasteiger partial charge in [0.05, 0.1) is 0 Å². The fraction of sp³-hybridized carbons (Fsp3) is 0.533. The zero-order valence-corrected chi connectivity index (χ0v) is 11.6. The molecule has 0 spiro atoms. The van der Waals surface area contributed by atoms with Gasteiger partial charge < -0.3 is 16.4 Å². The molecule has 2 rings (SSSR count). The Morgan fingerprint density at radius 2 is 1.89 bits per heavy atom. The zero-order valence-electron chi connectivity index (χ0n) is 11.6. The van der Waals surface area contributed by atoms with Crippen LogP contribution in [0.15, 0.2) is 24.3 Å². The SMILES string of the molecule is CC1CC(C)CC(NC(=O)Nc2cccc(N)c2)C1. The van der Waals surface area contributed by atoms with Gasteiger partial charge in [0.2, 0.25) is 0 Å². The molecule has 2 amide bonds. The molecule has 0 saturated heterocycles. The van der Waals surface area contributed by atoms with Gasteiger partial charge in [0.1, 0.15) is 0 Å². The number of amides is 2. The maximum absolute atomic E-state index is 11.9. The second-order valence-corrected chi connectivity index (χ2v) is 5.84. The van der Waals surface area contributed by atoms with Crippen LogP contribution in [0, 0.1) is 11.8 Å². The van der Waals surface area contributed by atoms with Crippen molar-refractivity contribution in [2.45, 2.75) is 39.2 Å². The molecule has 2 unspecified atom stereocenters. The Kier molecular flexibility index (Phi) is 4.30. The molecule has 1 aromatic rings. The molecule has 0 aliphatic heterocycles. The Balaban J connectivity index is 1.87. The van der Waals surface area contributed by atoms with Crippen molar-refractivity contribution >= 4 is 17.4 Å². The molecule has 4 heteroatoms. The number of hydrogen-bond acceptors (Lipinski definition) is 2. The summed E-state index contributed by atoms with van der Waals surface area (Å²) in [5.74, 6) is 1.36. The summed E-state index contributed by atoms with van der Waals surface area (Å²) in [5.41, 5.74) is 7.06. The van der Waals surface area contributed by atoms with Gasteiger partial charge >= 0.3 is 6.03 Å². The number of benzene rings is 1. The highest BCUT2D eigenvalue weighted by atomic mass is 16.2. The predicted octanol–water partition coefficient (Wildman–Crippen LogP) is 3.22. The van der Waals surface area contributed by atoms with Crippen molar-refractivity contribution in [3.8, 4) is 0 Å². The van der Waals surface area contributed by atoms with Crippen molar-refractivity contribution in [3.63, 3.8) is 0 Å². The van der Waals surface area contributed by atoms with E-state index in [1.54, 1.807) is 12.1 Å². The average molecular weight is 261 g/mol. The minimum atomic E-state index is -0.142. The first-order chi connectivity index (χ1) is 9.02. The van der Waals surface area contributed by atoms with Gasteiger partial charge in [-0.05, 0) is 49.3 Å². The van der Waals surface area contributed by atoms with E-state index in [9.17, 15) is 4.79 Å². The molecule has 4 N–H and O–H groups in total. The summed E-state index contributed by atoms with van der Waals surface area (Å²) in [6.45, 7) is 4.50. The third-order valence-electron chi connectivity index (χ3n) is 3.66. The lowest BCUT2D eigenvalue weighted by molar-refractivity contribution is 0.222. The first kappa shape index (κ1) is 13.7. The van der Waals surface area contributed by atoms with Crippen molar-refractivity contribution < 1.29 is 4.79 Å². The number of nitrogens with one attached hydrogen (secondary N) is 2. The molecule has 0 aromatic heterocycles. The number of nitrogens with two attached hydrogens (primary N) is 1. The van der Waals surface area contributed by atoms with E-state index in [0.717, 1.165) is 18.5 Å². The number of urea groups is 1. The van der Waals surface area contributed by atoms with E-state index in [1.807, 2.05) is 12.1 Å². The van der Waals surface area contributed by atoms with Gasteiger partial charge in [0, 0.05) is 17.4 Å². The van der Waals surface area contributed by atoms with Crippen molar-refractivity contribution in [2.24, 2.45) is 11.8 Å². The lowest BCUT2D eigenvalue weighted by atomic mass is 9.80. The summed E-state index contributed by atoms with van der Waals surface area (Å²) < 4.78 is 0. The number of carbonyl (C=O) groups is 1.